The Bertz CT molecular complexity index is 1010. The number of primary amides is 1. The van der Waals surface area contributed by atoms with Crippen LogP contribution in [0.1, 0.15) is 42.1 Å². The Hall–Kier alpha value is -2.65. The molecule has 3 aromatic rings. The van der Waals surface area contributed by atoms with E-state index in [1.165, 1.54) is 15.9 Å². The molecule has 1 aliphatic heterocycles. The van der Waals surface area contributed by atoms with Crippen LogP contribution in [0.15, 0.2) is 24.3 Å². The van der Waals surface area contributed by atoms with Gasteiger partial charge in [-0.05, 0) is 57.5 Å². The standard InChI is InChI=1S/C20H25N5O3S/c1-3-28-15-6-4-13(5-7-15)16(24-10-8-14(9-11-24)18(21)26)17-19(27)25-20(29-17)22-12(2)23-25/h4-7,14,16,27H,3,8-11H2,1-2H3,(H2,21,26). The first-order valence-corrected chi connectivity index (χ1v) is 10.6. The highest BCUT2D eigenvalue weighted by atomic mass is 32.1. The Morgan fingerprint density at radius 3 is 2.62 bits per heavy atom. The van der Waals surface area contributed by atoms with E-state index >= 15 is 0 Å². The molecule has 154 valence electrons. The van der Waals surface area contributed by atoms with Gasteiger partial charge >= 0.3 is 0 Å². The number of piperidine rings is 1. The fourth-order valence-electron chi connectivity index (χ4n) is 3.91. The van der Waals surface area contributed by atoms with Crippen molar-refractivity contribution in [2.24, 2.45) is 11.7 Å². The van der Waals surface area contributed by atoms with Crippen LogP contribution in [-0.2, 0) is 4.79 Å². The van der Waals surface area contributed by atoms with Crippen LogP contribution in [-0.4, -0.2) is 50.2 Å². The van der Waals surface area contributed by atoms with Gasteiger partial charge in [-0.25, -0.2) is 4.98 Å². The lowest BCUT2D eigenvalue weighted by molar-refractivity contribution is -0.123. The Morgan fingerprint density at radius 1 is 1.34 bits per heavy atom. The van der Waals surface area contributed by atoms with Crippen LogP contribution in [0, 0.1) is 12.8 Å². The number of nitrogens with zero attached hydrogens (tertiary/aromatic N) is 4. The first-order valence-electron chi connectivity index (χ1n) is 9.79. The molecule has 3 heterocycles. The summed E-state index contributed by atoms with van der Waals surface area (Å²) in [5, 5.41) is 15.2. The fraction of sp³-hybridized carbons (Fsp3) is 0.450. The molecule has 2 aromatic heterocycles. The molecular formula is C20H25N5O3S. The molecule has 1 unspecified atom stereocenters. The molecule has 1 aliphatic rings. The van der Waals surface area contributed by atoms with Gasteiger partial charge in [-0.15, -0.1) is 5.10 Å². The van der Waals surface area contributed by atoms with E-state index in [-0.39, 0.29) is 23.7 Å². The van der Waals surface area contributed by atoms with E-state index in [2.05, 4.69) is 15.0 Å². The molecule has 0 saturated carbocycles. The van der Waals surface area contributed by atoms with Gasteiger partial charge in [0.2, 0.25) is 16.7 Å². The molecule has 1 fully saturated rings. The third-order valence-electron chi connectivity index (χ3n) is 5.36. The number of nitrogens with two attached hydrogens (primary N) is 1. The van der Waals surface area contributed by atoms with Crippen LogP contribution in [0.2, 0.25) is 0 Å². The molecule has 1 aromatic carbocycles. The number of benzene rings is 1. The number of carbonyl (C=O) groups is 1. The molecular weight excluding hydrogens is 390 g/mol. The van der Waals surface area contributed by atoms with Crippen LogP contribution in [0.4, 0.5) is 0 Å². The normalized spacial score (nSPS) is 16.9. The summed E-state index contributed by atoms with van der Waals surface area (Å²) in [5.74, 6) is 1.22. The molecule has 0 bridgehead atoms. The van der Waals surface area contributed by atoms with Gasteiger partial charge in [-0.2, -0.15) is 4.52 Å². The zero-order chi connectivity index (χ0) is 20.5. The van der Waals surface area contributed by atoms with Crippen molar-refractivity contribution < 1.29 is 14.6 Å². The second kappa shape index (κ2) is 8.00. The Kier molecular flexibility index (Phi) is 5.42. The van der Waals surface area contributed by atoms with Crippen LogP contribution in [0.5, 0.6) is 11.6 Å². The van der Waals surface area contributed by atoms with Crippen molar-refractivity contribution in [2.75, 3.05) is 19.7 Å². The van der Waals surface area contributed by atoms with Crippen molar-refractivity contribution >= 4 is 22.2 Å². The van der Waals surface area contributed by atoms with Crippen LogP contribution in [0.3, 0.4) is 0 Å². The predicted molar refractivity (Wildman–Crippen MR) is 110 cm³/mol. The van der Waals surface area contributed by atoms with Crippen molar-refractivity contribution in [2.45, 2.75) is 32.7 Å². The number of likely N-dealkylation sites (tertiary alicyclic amines) is 1. The Labute approximate surface area is 172 Å². The summed E-state index contributed by atoms with van der Waals surface area (Å²) in [6, 6.07) is 7.78. The van der Waals surface area contributed by atoms with Gasteiger partial charge in [-0.1, -0.05) is 23.5 Å². The lowest BCUT2D eigenvalue weighted by Crippen LogP contribution is -2.40. The summed E-state index contributed by atoms with van der Waals surface area (Å²) < 4.78 is 7.06. The molecule has 0 spiro atoms. The first-order chi connectivity index (χ1) is 14.0. The van der Waals surface area contributed by atoms with E-state index in [1.54, 1.807) is 6.92 Å². The molecule has 1 saturated heterocycles. The zero-order valence-electron chi connectivity index (χ0n) is 16.5. The zero-order valence-corrected chi connectivity index (χ0v) is 17.4. The van der Waals surface area contributed by atoms with E-state index in [9.17, 15) is 9.90 Å². The topological polar surface area (TPSA) is 106 Å². The number of hydrogen-bond acceptors (Lipinski definition) is 7. The number of carbonyl (C=O) groups excluding carboxylic acids is 1. The maximum absolute atomic E-state index is 11.6. The van der Waals surface area contributed by atoms with E-state index in [0.29, 0.717) is 30.2 Å². The summed E-state index contributed by atoms with van der Waals surface area (Å²) in [6.45, 7) is 5.80. The number of fused-ring (bicyclic) bond motifs is 1. The molecule has 4 rings (SSSR count). The summed E-state index contributed by atoms with van der Waals surface area (Å²) in [6.07, 6.45) is 1.42. The second-order valence-electron chi connectivity index (χ2n) is 7.26. The summed E-state index contributed by atoms with van der Waals surface area (Å²) >= 11 is 1.44. The minimum atomic E-state index is -0.237. The van der Waals surface area contributed by atoms with Crippen LogP contribution >= 0.6 is 11.3 Å². The molecule has 9 heteroatoms. The lowest BCUT2D eigenvalue weighted by atomic mass is 9.93. The highest BCUT2D eigenvalue weighted by Gasteiger charge is 2.33. The molecule has 29 heavy (non-hydrogen) atoms. The number of thiazole rings is 1. The molecule has 1 amide bonds. The average molecular weight is 416 g/mol. The van der Waals surface area contributed by atoms with Crippen molar-refractivity contribution in [3.63, 3.8) is 0 Å². The largest absolute Gasteiger partial charge is 0.494 e. The maximum Gasteiger partial charge on any atom is 0.230 e. The van der Waals surface area contributed by atoms with Crippen LogP contribution in [0.25, 0.3) is 4.96 Å². The van der Waals surface area contributed by atoms with Gasteiger partial charge in [0, 0.05) is 5.92 Å². The van der Waals surface area contributed by atoms with Gasteiger partial charge in [-0.3, -0.25) is 9.69 Å². The third-order valence-corrected chi connectivity index (χ3v) is 6.43. The SMILES string of the molecule is CCOc1ccc(C(c2sc3nc(C)nn3c2O)N2CCC(C(N)=O)CC2)cc1. The molecule has 0 aliphatic carbocycles. The number of aromatic hydroxyl groups is 1. The highest BCUT2D eigenvalue weighted by Crippen LogP contribution is 2.41. The van der Waals surface area contributed by atoms with Gasteiger partial charge in [0.1, 0.15) is 11.6 Å². The van der Waals surface area contributed by atoms with E-state index < -0.39 is 0 Å². The lowest BCUT2D eigenvalue weighted by Gasteiger charge is -2.36. The number of ether oxygens (including phenoxy) is 1. The van der Waals surface area contributed by atoms with Crippen molar-refractivity contribution in [1.29, 1.82) is 0 Å². The number of aromatic nitrogens is 3. The fourth-order valence-corrected chi connectivity index (χ4v) is 5.07. The molecule has 8 nitrogen and oxygen atoms in total. The number of amides is 1. The Morgan fingerprint density at radius 2 is 2.03 bits per heavy atom. The van der Waals surface area contributed by atoms with Gasteiger partial charge in [0.15, 0.2) is 0 Å². The maximum atomic E-state index is 11.6. The first kappa shape index (κ1) is 19.7. The van der Waals surface area contributed by atoms with E-state index in [0.717, 1.165) is 29.3 Å². The minimum Gasteiger partial charge on any atom is -0.494 e. The smallest absolute Gasteiger partial charge is 0.230 e. The summed E-state index contributed by atoms with van der Waals surface area (Å²) in [7, 11) is 0. The quantitative estimate of drug-likeness (QED) is 0.641. The summed E-state index contributed by atoms with van der Waals surface area (Å²) in [5.41, 5.74) is 6.55. The van der Waals surface area contributed by atoms with E-state index in [1.807, 2.05) is 31.2 Å². The summed E-state index contributed by atoms with van der Waals surface area (Å²) in [4.78, 5) is 19.7. The Balaban J connectivity index is 1.71. The number of aryl methyl sites for hydroxylation is 1. The van der Waals surface area contributed by atoms with E-state index in [4.69, 9.17) is 10.5 Å². The minimum absolute atomic E-state index is 0.0919. The second-order valence-corrected chi connectivity index (χ2v) is 8.27. The molecule has 0 radical (unpaired) electrons. The van der Waals surface area contributed by atoms with Gasteiger partial charge in [0.05, 0.1) is 17.5 Å². The average Bonchev–Trinajstić information content (AvgIpc) is 3.21. The van der Waals surface area contributed by atoms with Crippen molar-refractivity contribution in [3.05, 3.63) is 40.5 Å². The number of rotatable bonds is 6. The van der Waals surface area contributed by atoms with Crippen molar-refractivity contribution in [1.82, 2.24) is 19.5 Å². The van der Waals surface area contributed by atoms with Crippen molar-refractivity contribution in [3.8, 4) is 11.6 Å². The molecule has 1 atom stereocenters. The highest BCUT2D eigenvalue weighted by molar-refractivity contribution is 7.17. The van der Waals surface area contributed by atoms with Gasteiger partial charge < -0.3 is 15.6 Å². The van der Waals surface area contributed by atoms with Gasteiger partial charge in [0.25, 0.3) is 0 Å². The monoisotopic (exact) mass is 415 g/mol. The van der Waals surface area contributed by atoms with Crippen LogP contribution < -0.4 is 10.5 Å². The third kappa shape index (κ3) is 3.79. The number of hydrogen-bond donors (Lipinski definition) is 2. The predicted octanol–water partition coefficient (Wildman–Crippen LogP) is 2.49. The molecule has 3 N–H and O–H groups in total.